The Morgan fingerprint density at radius 2 is 1.65 bits per heavy atom. The third-order valence-corrected chi connectivity index (χ3v) is 6.70. The lowest BCUT2D eigenvalue weighted by molar-refractivity contribution is 0.00578. The van der Waals surface area contributed by atoms with Crippen LogP contribution in [0.3, 0.4) is 0 Å². The van der Waals surface area contributed by atoms with Gasteiger partial charge in [0.1, 0.15) is 5.69 Å². The second kappa shape index (κ2) is 9.35. The van der Waals surface area contributed by atoms with E-state index in [4.69, 9.17) is 9.31 Å². The van der Waals surface area contributed by atoms with Crippen LogP contribution in [0, 0.1) is 11.3 Å². The van der Waals surface area contributed by atoms with Gasteiger partial charge in [-0.05, 0) is 58.0 Å². The van der Waals surface area contributed by atoms with Gasteiger partial charge in [-0.3, -0.25) is 4.79 Å². The molecule has 0 saturated carbocycles. The van der Waals surface area contributed by atoms with Crippen molar-refractivity contribution in [2.75, 3.05) is 0 Å². The van der Waals surface area contributed by atoms with Crippen molar-refractivity contribution in [3.8, 4) is 28.8 Å². The van der Waals surface area contributed by atoms with E-state index in [2.05, 4.69) is 26.1 Å². The molecule has 0 radical (unpaired) electrons. The minimum atomic E-state index is -0.544. The van der Waals surface area contributed by atoms with E-state index < -0.39 is 18.3 Å². The molecule has 9 nitrogen and oxygen atoms in total. The maximum atomic E-state index is 12.5. The second-order valence-electron chi connectivity index (χ2n) is 9.85. The number of nitrogens with zero attached hydrogens (tertiary/aromatic N) is 6. The maximum absolute atomic E-state index is 12.5. The van der Waals surface area contributed by atoms with Crippen LogP contribution >= 0.6 is 0 Å². The average Bonchev–Trinajstić information content (AvgIpc) is 3.12. The fourth-order valence-corrected chi connectivity index (χ4v) is 3.88. The van der Waals surface area contributed by atoms with Crippen molar-refractivity contribution >= 4 is 12.6 Å². The van der Waals surface area contributed by atoms with E-state index in [0.717, 1.165) is 11.0 Å². The molecule has 184 valence electrons. The summed E-state index contributed by atoms with van der Waals surface area (Å²) >= 11 is 0. The number of pyridine rings is 1. The van der Waals surface area contributed by atoms with Gasteiger partial charge in [0.25, 0.3) is 5.56 Å². The van der Waals surface area contributed by atoms with Gasteiger partial charge in [-0.15, -0.1) is 0 Å². The van der Waals surface area contributed by atoms with Gasteiger partial charge in [0, 0.05) is 29.5 Å². The molecule has 0 N–H and O–H groups in total. The summed E-state index contributed by atoms with van der Waals surface area (Å²) < 4.78 is 13.5. The lowest BCUT2D eigenvalue weighted by Gasteiger charge is -2.32. The molecule has 0 bridgehead atoms. The van der Waals surface area contributed by atoms with E-state index in [1.807, 2.05) is 52.0 Å². The number of hydrogen-bond donors (Lipinski definition) is 0. The maximum Gasteiger partial charge on any atom is 0.498 e. The Hall–Kier alpha value is -4.20. The van der Waals surface area contributed by atoms with Gasteiger partial charge in [0.2, 0.25) is 0 Å². The Kier molecular flexibility index (Phi) is 6.19. The first-order valence-corrected chi connectivity index (χ1v) is 11.9. The van der Waals surface area contributed by atoms with E-state index >= 15 is 0 Å². The van der Waals surface area contributed by atoms with E-state index in [0.29, 0.717) is 28.5 Å². The fourth-order valence-electron chi connectivity index (χ4n) is 3.88. The van der Waals surface area contributed by atoms with Crippen molar-refractivity contribution in [3.63, 3.8) is 0 Å². The Morgan fingerprint density at radius 1 is 0.946 bits per heavy atom. The summed E-state index contributed by atoms with van der Waals surface area (Å²) in [7, 11) is -0.544. The molecule has 10 heteroatoms. The summed E-state index contributed by atoms with van der Waals surface area (Å²) in [5.74, 6) is 0.449. The van der Waals surface area contributed by atoms with Gasteiger partial charge in [0.15, 0.2) is 5.82 Å². The highest BCUT2D eigenvalue weighted by Crippen LogP contribution is 2.36. The summed E-state index contributed by atoms with van der Waals surface area (Å²) in [5, 5.41) is 13.7. The predicted molar refractivity (Wildman–Crippen MR) is 139 cm³/mol. The standard InChI is InChI=1S/C27H25BN6O3/c1-26(2)27(3,4)37-28(36-26)20-15-30-25(31-16-20)23-10-6-9-21(32-23)17-34-24(35)12-11-22(33-34)19-8-5-7-18(13-19)14-29/h5-13,15-16H,17H2,1-4H3. The topological polar surface area (TPSA) is 116 Å². The quantitative estimate of drug-likeness (QED) is 0.391. The van der Waals surface area contributed by atoms with Crippen molar-refractivity contribution in [1.82, 2.24) is 24.7 Å². The summed E-state index contributed by atoms with van der Waals surface area (Å²) in [4.78, 5) is 26.1. The molecule has 0 atom stereocenters. The molecule has 1 aliphatic heterocycles. The smallest absolute Gasteiger partial charge is 0.399 e. The molecule has 4 aromatic rings. The zero-order valence-electron chi connectivity index (χ0n) is 21.0. The van der Waals surface area contributed by atoms with Crippen LogP contribution in [0.5, 0.6) is 0 Å². The van der Waals surface area contributed by atoms with Crippen molar-refractivity contribution in [2.24, 2.45) is 0 Å². The lowest BCUT2D eigenvalue weighted by atomic mass is 9.81. The van der Waals surface area contributed by atoms with Gasteiger partial charge in [-0.25, -0.2) is 19.6 Å². The van der Waals surface area contributed by atoms with Crippen LogP contribution in [0.2, 0.25) is 0 Å². The van der Waals surface area contributed by atoms with Crippen molar-refractivity contribution in [2.45, 2.75) is 45.4 Å². The van der Waals surface area contributed by atoms with Gasteiger partial charge in [-0.1, -0.05) is 18.2 Å². The average molecular weight is 492 g/mol. The Bertz CT molecular complexity index is 1540. The molecule has 1 aromatic carbocycles. The van der Waals surface area contributed by atoms with E-state index in [1.165, 1.54) is 10.7 Å². The van der Waals surface area contributed by atoms with Gasteiger partial charge in [-0.2, -0.15) is 10.4 Å². The molecular weight excluding hydrogens is 467 g/mol. The fraction of sp³-hybridized carbons (Fsp3) is 0.259. The highest BCUT2D eigenvalue weighted by Gasteiger charge is 2.51. The summed E-state index contributed by atoms with van der Waals surface area (Å²) in [6.45, 7) is 8.16. The SMILES string of the molecule is CC1(C)OB(c2cnc(-c3cccc(Cn4nc(-c5cccc(C#N)c5)ccc4=O)n3)nc2)OC1(C)C. The minimum Gasteiger partial charge on any atom is -0.399 e. The van der Waals surface area contributed by atoms with Gasteiger partial charge >= 0.3 is 7.12 Å². The van der Waals surface area contributed by atoms with Gasteiger partial charge < -0.3 is 9.31 Å². The predicted octanol–water partition coefficient (Wildman–Crippen LogP) is 2.98. The molecule has 0 unspecified atom stereocenters. The number of hydrogen-bond acceptors (Lipinski definition) is 8. The van der Waals surface area contributed by atoms with Crippen LogP contribution in [-0.4, -0.2) is 43.1 Å². The molecule has 37 heavy (non-hydrogen) atoms. The number of aromatic nitrogens is 5. The molecule has 4 heterocycles. The molecule has 1 saturated heterocycles. The molecule has 0 aliphatic carbocycles. The van der Waals surface area contributed by atoms with Crippen LogP contribution in [-0.2, 0) is 15.9 Å². The van der Waals surface area contributed by atoms with Gasteiger partial charge in [0.05, 0.1) is 40.8 Å². The Labute approximate surface area is 214 Å². The Morgan fingerprint density at radius 3 is 2.35 bits per heavy atom. The minimum absolute atomic E-state index is 0.171. The van der Waals surface area contributed by atoms with E-state index in [9.17, 15) is 10.1 Å². The summed E-state index contributed by atoms with van der Waals surface area (Å²) in [6.07, 6.45) is 3.37. The first-order chi connectivity index (χ1) is 17.6. The number of benzene rings is 1. The molecule has 0 spiro atoms. The monoisotopic (exact) mass is 492 g/mol. The zero-order valence-corrected chi connectivity index (χ0v) is 21.0. The first-order valence-electron chi connectivity index (χ1n) is 11.9. The lowest BCUT2D eigenvalue weighted by Crippen LogP contribution is -2.41. The summed E-state index contributed by atoms with van der Waals surface area (Å²) in [5.41, 5.74) is 2.65. The third kappa shape index (κ3) is 4.92. The van der Waals surface area contributed by atoms with Crippen LogP contribution < -0.4 is 11.0 Å². The highest BCUT2D eigenvalue weighted by molar-refractivity contribution is 6.61. The molecule has 5 rings (SSSR count). The van der Waals surface area contributed by atoms with Crippen molar-refractivity contribution in [3.05, 3.63) is 88.6 Å². The normalized spacial score (nSPS) is 15.9. The van der Waals surface area contributed by atoms with Crippen molar-refractivity contribution < 1.29 is 9.31 Å². The second-order valence-corrected chi connectivity index (χ2v) is 9.85. The number of rotatable bonds is 5. The highest BCUT2D eigenvalue weighted by atomic mass is 16.7. The first kappa shape index (κ1) is 24.5. The number of nitriles is 1. The van der Waals surface area contributed by atoms with E-state index in [-0.39, 0.29) is 12.1 Å². The van der Waals surface area contributed by atoms with Crippen LogP contribution in [0.15, 0.2) is 71.8 Å². The molecule has 1 fully saturated rings. The van der Waals surface area contributed by atoms with Crippen LogP contribution in [0.4, 0.5) is 0 Å². The molecular formula is C27H25BN6O3. The summed E-state index contributed by atoms with van der Waals surface area (Å²) in [6, 6.07) is 17.8. The van der Waals surface area contributed by atoms with Crippen LogP contribution in [0.25, 0.3) is 22.8 Å². The molecule has 0 amide bonds. The zero-order chi connectivity index (χ0) is 26.2. The Balaban J connectivity index is 1.37. The third-order valence-electron chi connectivity index (χ3n) is 6.70. The van der Waals surface area contributed by atoms with Crippen LogP contribution in [0.1, 0.15) is 39.0 Å². The van der Waals surface area contributed by atoms with Crippen molar-refractivity contribution in [1.29, 1.82) is 5.26 Å². The largest absolute Gasteiger partial charge is 0.498 e. The molecule has 3 aromatic heterocycles. The van der Waals surface area contributed by atoms with E-state index in [1.54, 1.807) is 36.7 Å². The molecule has 1 aliphatic rings.